The standard InChI is InChI=1S/C19H25F3N4O2/c1-2-28-17-12(4-3-7-23-17)11-5-6-13-15(8-11)26(10-19(20,21)22)18(27)14-9-24-25-16(13)14/h3-4,7,11,13-16,24-25H,2,5-6,8-10H2,1H3. The number of aromatic nitrogens is 1. The van der Waals surface area contributed by atoms with Crippen LogP contribution in [0.4, 0.5) is 13.2 Å². The van der Waals surface area contributed by atoms with Crippen molar-refractivity contribution in [3.63, 3.8) is 0 Å². The van der Waals surface area contributed by atoms with E-state index in [4.69, 9.17) is 4.74 Å². The number of alkyl halides is 3. The summed E-state index contributed by atoms with van der Waals surface area (Å²) < 4.78 is 45.4. The summed E-state index contributed by atoms with van der Waals surface area (Å²) in [6.45, 7) is 1.54. The lowest BCUT2D eigenvalue weighted by atomic mass is 9.67. The Labute approximate surface area is 161 Å². The van der Waals surface area contributed by atoms with Gasteiger partial charge >= 0.3 is 6.18 Å². The van der Waals surface area contributed by atoms with E-state index in [0.29, 0.717) is 25.5 Å². The molecule has 28 heavy (non-hydrogen) atoms. The Morgan fingerprint density at radius 1 is 1.36 bits per heavy atom. The second kappa shape index (κ2) is 7.51. The van der Waals surface area contributed by atoms with Crippen LogP contribution in [-0.2, 0) is 4.79 Å². The first-order chi connectivity index (χ1) is 13.4. The van der Waals surface area contributed by atoms with Crippen LogP contribution in [0.25, 0.3) is 0 Å². The van der Waals surface area contributed by atoms with Gasteiger partial charge in [-0.3, -0.25) is 15.6 Å². The fourth-order valence-electron chi connectivity index (χ4n) is 5.13. The maximum absolute atomic E-state index is 13.2. The largest absolute Gasteiger partial charge is 0.478 e. The minimum atomic E-state index is -4.41. The lowest BCUT2D eigenvalue weighted by Gasteiger charge is -2.50. The van der Waals surface area contributed by atoms with E-state index >= 15 is 0 Å². The molecule has 1 aliphatic carbocycles. The molecule has 0 spiro atoms. The SMILES string of the molecule is CCOc1ncccc1C1CCC2C3NNCC3C(=O)N(CC(F)(F)F)C2C1. The van der Waals surface area contributed by atoms with Crippen LogP contribution >= 0.6 is 0 Å². The maximum Gasteiger partial charge on any atom is 0.406 e. The minimum absolute atomic E-state index is 0.00325. The molecule has 154 valence electrons. The number of ether oxygens (including phenoxy) is 1. The Bertz CT molecular complexity index is 729. The molecule has 0 aromatic carbocycles. The molecule has 5 unspecified atom stereocenters. The van der Waals surface area contributed by atoms with Crippen LogP contribution in [0.2, 0.25) is 0 Å². The normalized spacial score (nSPS) is 32.8. The van der Waals surface area contributed by atoms with Gasteiger partial charge in [-0.15, -0.1) is 0 Å². The Balaban J connectivity index is 1.63. The van der Waals surface area contributed by atoms with Crippen molar-refractivity contribution in [2.75, 3.05) is 19.7 Å². The minimum Gasteiger partial charge on any atom is -0.478 e. The van der Waals surface area contributed by atoms with Crippen molar-refractivity contribution in [2.24, 2.45) is 11.8 Å². The average molecular weight is 398 g/mol. The van der Waals surface area contributed by atoms with Gasteiger partial charge in [0.2, 0.25) is 11.8 Å². The van der Waals surface area contributed by atoms with Crippen LogP contribution in [0.5, 0.6) is 5.88 Å². The zero-order chi connectivity index (χ0) is 19.9. The van der Waals surface area contributed by atoms with Crippen molar-refractivity contribution in [1.82, 2.24) is 20.7 Å². The van der Waals surface area contributed by atoms with E-state index in [1.165, 1.54) is 0 Å². The van der Waals surface area contributed by atoms with Crippen molar-refractivity contribution in [1.29, 1.82) is 0 Å². The number of hydrogen-bond donors (Lipinski definition) is 2. The first-order valence-corrected chi connectivity index (χ1v) is 9.82. The maximum atomic E-state index is 13.2. The first-order valence-electron chi connectivity index (χ1n) is 9.82. The average Bonchev–Trinajstić information content (AvgIpc) is 3.15. The number of piperidine rings is 1. The van der Waals surface area contributed by atoms with Gasteiger partial charge in [0.15, 0.2) is 0 Å². The number of hydrazine groups is 1. The van der Waals surface area contributed by atoms with Crippen LogP contribution in [0.3, 0.4) is 0 Å². The number of carbonyl (C=O) groups excluding carboxylic acids is 1. The van der Waals surface area contributed by atoms with Crippen LogP contribution in [0.15, 0.2) is 18.3 Å². The van der Waals surface area contributed by atoms with Gasteiger partial charge in [-0.2, -0.15) is 13.2 Å². The number of pyridine rings is 1. The fraction of sp³-hybridized carbons (Fsp3) is 0.684. The molecule has 1 aromatic rings. The monoisotopic (exact) mass is 398 g/mol. The number of carbonyl (C=O) groups is 1. The highest BCUT2D eigenvalue weighted by atomic mass is 19.4. The van der Waals surface area contributed by atoms with Crippen molar-refractivity contribution < 1.29 is 22.7 Å². The molecule has 0 radical (unpaired) electrons. The summed E-state index contributed by atoms with van der Waals surface area (Å²) >= 11 is 0. The van der Waals surface area contributed by atoms with Gasteiger partial charge in [0.25, 0.3) is 0 Å². The van der Waals surface area contributed by atoms with Gasteiger partial charge in [-0.1, -0.05) is 6.07 Å². The van der Waals surface area contributed by atoms with Gasteiger partial charge in [0, 0.05) is 30.4 Å². The molecule has 4 rings (SSSR count). The zero-order valence-electron chi connectivity index (χ0n) is 15.7. The lowest BCUT2D eigenvalue weighted by Crippen LogP contribution is -2.63. The van der Waals surface area contributed by atoms with E-state index in [2.05, 4.69) is 15.8 Å². The van der Waals surface area contributed by atoms with Crippen molar-refractivity contribution in [2.45, 2.75) is 50.4 Å². The molecule has 2 N–H and O–H groups in total. The summed E-state index contributed by atoms with van der Waals surface area (Å²) in [7, 11) is 0. The molecule has 3 heterocycles. The van der Waals surface area contributed by atoms with Crippen molar-refractivity contribution in [3.05, 3.63) is 23.9 Å². The van der Waals surface area contributed by atoms with Crippen LogP contribution in [0.1, 0.15) is 37.7 Å². The summed E-state index contributed by atoms with van der Waals surface area (Å²) in [6.07, 6.45) is -0.675. The third-order valence-corrected chi connectivity index (χ3v) is 6.23. The van der Waals surface area contributed by atoms with Gasteiger partial charge in [0.1, 0.15) is 6.54 Å². The highest BCUT2D eigenvalue weighted by molar-refractivity contribution is 5.82. The van der Waals surface area contributed by atoms with Gasteiger partial charge in [-0.05, 0) is 44.1 Å². The number of amides is 1. The molecular weight excluding hydrogens is 373 g/mol. The molecule has 2 aliphatic heterocycles. The third-order valence-electron chi connectivity index (χ3n) is 6.23. The second-order valence-corrected chi connectivity index (χ2v) is 7.81. The summed E-state index contributed by atoms with van der Waals surface area (Å²) in [5.74, 6) is -0.276. The van der Waals surface area contributed by atoms with Crippen molar-refractivity contribution >= 4 is 5.91 Å². The summed E-state index contributed by atoms with van der Waals surface area (Å²) in [5, 5.41) is 0. The van der Waals surface area contributed by atoms with Gasteiger partial charge in [0.05, 0.1) is 12.5 Å². The molecule has 1 saturated carbocycles. The molecule has 9 heteroatoms. The van der Waals surface area contributed by atoms with Crippen LogP contribution < -0.4 is 15.6 Å². The Hall–Kier alpha value is -1.87. The van der Waals surface area contributed by atoms with Crippen LogP contribution in [-0.4, -0.2) is 53.7 Å². The van der Waals surface area contributed by atoms with E-state index in [1.807, 2.05) is 19.1 Å². The van der Waals surface area contributed by atoms with E-state index < -0.39 is 30.6 Å². The number of likely N-dealkylation sites (tertiary alicyclic amines) is 1. The quantitative estimate of drug-likeness (QED) is 0.814. The van der Waals surface area contributed by atoms with E-state index in [9.17, 15) is 18.0 Å². The van der Waals surface area contributed by atoms with E-state index in [1.54, 1.807) is 6.20 Å². The number of fused-ring (bicyclic) bond motifs is 3. The zero-order valence-corrected chi connectivity index (χ0v) is 15.7. The predicted octanol–water partition coefficient (Wildman–Crippen LogP) is 2.23. The highest BCUT2D eigenvalue weighted by Crippen LogP contribution is 2.46. The smallest absolute Gasteiger partial charge is 0.406 e. The van der Waals surface area contributed by atoms with Crippen molar-refractivity contribution in [3.8, 4) is 5.88 Å². The molecular formula is C19H25F3N4O2. The third kappa shape index (κ3) is 3.57. The molecule has 3 aliphatic rings. The molecule has 0 bridgehead atoms. The van der Waals surface area contributed by atoms with Gasteiger partial charge in [-0.25, -0.2) is 4.98 Å². The van der Waals surface area contributed by atoms with Gasteiger partial charge < -0.3 is 9.64 Å². The summed E-state index contributed by atoms with van der Waals surface area (Å²) in [6, 6.07) is 3.20. The number of nitrogens with zero attached hydrogens (tertiary/aromatic N) is 2. The topological polar surface area (TPSA) is 66.5 Å². The number of nitrogens with one attached hydrogen (secondary N) is 2. The Morgan fingerprint density at radius 2 is 2.18 bits per heavy atom. The Morgan fingerprint density at radius 3 is 2.93 bits per heavy atom. The summed E-state index contributed by atoms with van der Waals surface area (Å²) in [4.78, 5) is 18.2. The highest BCUT2D eigenvalue weighted by Gasteiger charge is 2.54. The molecule has 1 amide bonds. The predicted molar refractivity (Wildman–Crippen MR) is 95.5 cm³/mol. The van der Waals surface area contributed by atoms with Crippen LogP contribution in [0, 0.1) is 11.8 Å². The molecule has 2 saturated heterocycles. The summed E-state index contributed by atoms with van der Waals surface area (Å²) in [5.41, 5.74) is 7.03. The van der Waals surface area contributed by atoms with E-state index in [0.717, 1.165) is 23.3 Å². The molecule has 5 atom stereocenters. The lowest BCUT2D eigenvalue weighted by molar-refractivity contribution is -0.178. The number of rotatable bonds is 4. The Kier molecular flexibility index (Phi) is 5.22. The molecule has 3 fully saturated rings. The number of hydrogen-bond acceptors (Lipinski definition) is 5. The second-order valence-electron chi connectivity index (χ2n) is 7.81. The molecule has 6 nitrogen and oxygen atoms in total. The van der Waals surface area contributed by atoms with E-state index in [-0.39, 0.29) is 17.9 Å². The fourth-order valence-corrected chi connectivity index (χ4v) is 5.13. The molecule has 1 aromatic heterocycles. The number of halogens is 3. The first kappa shape index (κ1) is 19.4.